The number of benzene rings is 1. The van der Waals surface area contributed by atoms with Gasteiger partial charge in [-0.05, 0) is 26.6 Å². The van der Waals surface area contributed by atoms with Crippen molar-refractivity contribution in [2.75, 3.05) is 40.4 Å². The van der Waals surface area contributed by atoms with Crippen LogP contribution in [0.2, 0.25) is 0 Å². The molecule has 0 aromatic heterocycles. The first-order valence-electron chi connectivity index (χ1n) is 6.71. The Hall–Kier alpha value is -1.50. The molecule has 6 heteroatoms. The normalized spacial score (nSPS) is 12.6. The fourth-order valence-electron chi connectivity index (χ4n) is 1.70. The molecule has 1 aromatic rings. The van der Waals surface area contributed by atoms with E-state index in [2.05, 4.69) is 10.2 Å². The van der Waals surface area contributed by atoms with E-state index in [1.807, 2.05) is 21.0 Å². The second-order valence-electron chi connectivity index (χ2n) is 4.94. The first-order valence-corrected chi connectivity index (χ1v) is 6.71. The van der Waals surface area contributed by atoms with Crippen LogP contribution in [0.5, 0.6) is 0 Å². The zero-order valence-electron chi connectivity index (χ0n) is 12.3. The Kier molecular flexibility index (Phi) is 7.14. The average Bonchev–Trinajstić information content (AvgIpc) is 2.42. The lowest BCUT2D eigenvalue weighted by atomic mass is 10.1. The van der Waals surface area contributed by atoms with Crippen molar-refractivity contribution in [3.63, 3.8) is 0 Å². The zero-order valence-corrected chi connectivity index (χ0v) is 12.3. The summed E-state index contributed by atoms with van der Waals surface area (Å²) in [5.41, 5.74) is 1.15. The fraction of sp³-hybridized carbons (Fsp3) is 0.571. The van der Waals surface area contributed by atoms with E-state index in [0.29, 0.717) is 6.61 Å². The van der Waals surface area contributed by atoms with Crippen molar-refractivity contribution in [3.8, 4) is 0 Å². The van der Waals surface area contributed by atoms with E-state index in [0.717, 1.165) is 25.3 Å². The highest BCUT2D eigenvalue weighted by molar-refractivity contribution is 5.33. The topological polar surface area (TPSA) is 67.6 Å². The van der Waals surface area contributed by atoms with Crippen LogP contribution in [0.3, 0.4) is 0 Å². The predicted octanol–water partition coefficient (Wildman–Crippen LogP) is 1.82. The Morgan fingerprint density at radius 3 is 2.50 bits per heavy atom. The van der Waals surface area contributed by atoms with Crippen LogP contribution in [-0.4, -0.2) is 50.2 Å². The molecule has 112 valence electrons. The standard InChI is InChI=1S/C14H23N3O3/c1-12(15-8-10-20-11-9-16(2)3)13-4-6-14(7-5-13)17(18)19/h4-7,12,15H,8-11H2,1-3H3. The van der Waals surface area contributed by atoms with Gasteiger partial charge in [0.25, 0.3) is 5.69 Å². The number of rotatable bonds is 9. The maximum atomic E-state index is 10.6. The Morgan fingerprint density at radius 1 is 1.30 bits per heavy atom. The smallest absolute Gasteiger partial charge is 0.269 e. The van der Waals surface area contributed by atoms with Crippen LogP contribution in [0.4, 0.5) is 5.69 Å². The maximum absolute atomic E-state index is 10.6. The molecule has 1 atom stereocenters. The van der Waals surface area contributed by atoms with Crippen molar-refractivity contribution < 1.29 is 9.66 Å². The molecule has 1 rings (SSSR count). The first kappa shape index (κ1) is 16.6. The summed E-state index contributed by atoms with van der Waals surface area (Å²) in [7, 11) is 4.02. The number of likely N-dealkylation sites (N-methyl/N-ethyl adjacent to an activating group) is 1. The van der Waals surface area contributed by atoms with Crippen LogP contribution in [0.1, 0.15) is 18.5 Å². The summed E-state index contributed by atoms with van der Waals surface area (Å²) < 4.78 is 5.49. The molecule has 0 aliphatic carbocycles. The molecule has 0 saturated carbocycles. The highest BCUT2D eigenvalue weighted by atomic mass is 16.6. The van der Waals surface area contributed by atoms with E-state index >= 15 is 0 Å². The molecular formula is C14H23N3O3. The number of non-ortho nitro benzene ring substituents is 1. The van der Waals surface area contributed by atoms with Crippen LogP contribution >= 0.6 is 0 Å². The van der Waals surface area contributed by atoms with Crippen LogP contribution in [0, 0.1) is 10.1 Å². The summed E-state index contributed by atoms with van der Waals surface area (Å²) >= 11 is 0. The van der Waals surface area contributed by atoms with E-state index < -0.39 is 0 Å². The van der Waals surface area contributed by atoms with E-state index in [4.69, 9.17) is 4.74 Å². The minimum atomic E-state index is -0.388. The van der Waals surface area contributed by atoms with Gasteiger partial charge in [0.2, 0.25) is 0 Å². The van der Waals surface area contributed by atoms with Crippen molar-refractivity contribution in [3.05, 3.63) is 39.9 Å². The third-order valence-corrected chi connectivity index (χ3v) is 2.98. The van der Waals surface area contributed by atoms with Crippen LogP contribution in [-0.2, 0) is 4.74 Å². The molecule has 1 unspecified atom stereocenters. The predicted molar refractivity (Wildman–Crippen MR) is 78.9 cm³/mol. The molecule has 1 aromatic carbocycles. The molecule has 0 aliphatic heterocycles. The number of nitrogens with zero attached hydrogens (tertiary/aromatic N) is 2. The van der Waals surface area contributed by atoms with Gasteiger partial charge in [-0.15, -0.1) is 0 Å². The van der Waals surface area contributed by atoms with Gasteiger partial charge in [-0.3, -0.25) is 10.1 Å². The van der Waals surface area contributed by atoms with Gasteiger partial charge in [0.05, 0.1) is 18.1 Å². The summed E-state index contributed by atoms with van der Waals surface area (Å²) in [6, 6.07) is 6.77. The summed E-state index contributed by atoms with van der Waals surface area (Å²) in [6.45, 7) is 5.08. The maximum Gasteiger partial charge on any atom is 0.269 e. The van der Waals surface area contributed by atoms with Gasteiger partial charge < -0.3 is 15.0 Å². The van der Waals surface area contributed by atoms with Crippen molar-refractivity contribution in [1.29, 1.82) is 0 Å². The Balaban J connectivity index is 2.25. The summed E-state index contributed by atoms with van der Waals surface area (Å²) in [4.78, 5) is 12.3. The molecule has 0 aliphatic rings. The van der Waals surface area contributed by atoms with Gasteiger partial charge in [0, 0.05) is 31.3 Å². The van der Waals surface area contributed by atoms with Crippen molar-refractivity contribution >= 4 is 5.69 Å². The highest BCUT2D eigenvalue weighted by Gasteiger charge is 2.08. The van der Waals surface area contributed by atoms with Gasteiger partial charge in [0.1, 0.15) is 0 Å². The van der Waals surface area contributed by atoms with Gasteiger partial charge in [0.15, 0.2) is 0 Å². The second-order valence-corrected chi connectivity index (χ2v) is 4.94. The molecule has 0 amide bonds. The molecule has 0 fully saturated rings. The molecule has 0 spiro atoms. The molecule has 0 heterocycles. The lowest BCUT2D eigenvalue weighted by molar-refractivity contribution is -0.384. The minimum Gasteiger partial charge on any atom is -0.379 e. The van der Waals surface area contributed by atoms with Crippen molar-refractivity contribution in [1.82, 2.24) is 10.2 Å². The number of nitro benzene ring substituents is 1. The number of nitrogens with one attached hydrogen (secondary N) is 1. The average molecular weight is 281 g/mol. The Labute approximate surface area is 119 Å². The summed E-state index contributed by atoms with van der Waals surface area (Å²) in [5, 5.41) is 13.9. The Bertz CT molecular complexity index is 407. The summed E-state index contributed by atoms with van der Waals surface area (Å²) in [6.07, 6.45) is 0. The van der Waals surface area contributed by atoms with Crippen LogP contribution in [0.15, 0.2) is 24.3 Å². The number of hydrogen-bond acceptors (Lipinski definition) is 5. The largest absolute Gasteiger partial charge is 0.379 e. The highest BCUT2D eigenvalue weighted by Crippen LogP contribution is 2.17. The van der Waals surface area contributed by atoms with E-state index in [-0.39, 0.29) is 16.7 Å². The van der Waals surface area contributed by atoms with Crippen LogP contribution < -0.4 is 5.32 Å². The first-order chi connectivity index (χ1) is 9.50. The van der Waals surface area contributed by atoms with Gasteiger partial charge in [-0.2, -0.15) is 0 Å². The molecule has 1 N–H and O–H groups in total. The minimum absolute atomic E-state index is 0.118. The summed E-state index contributed by atoms with van der Waals surface area (Å²) in [5.74, 6) is 0. The van der Waals surface area contributed by atoms with Gasteiger partial charge in [-0.1, -0.05) is 12.1 Å². The second kappa shape index (κ2) is 8.63. The van der Waals surface area contributed by atoms with Crippen molar-refractivity contribution in [2.24, 2.45) is 0 Å². The molecule has 0 bridgehead atoms. The quantitative estimate of drug-likeness (QED) is 0.425. The SMILES string of the molecule is CC(NCCOCCN(C)C)c1ccc([N+](=O)[O-])cc1. The van der Waals surface area contributed by atoms with Crippen LogP contribution in [0.25, 0.3) is 0 Å². The number of ether oxygens (including phenoxy) is 1. The molecule has 0 radical (unpaired) electrons. The zero-order chi connectivity index (χ0) is 15.0. The number of nitro groups is 1. The number of hydrogen-bond donors (Lipinski definition) is 1. The van der Waals surface area contributed by atoms with E-state index in [1.54, 1.807) is 12.1 Å². The van der Waals surface area contributed by atoms with E-state index in [9.17, 15) is 10.1 Å². The van der Waals surface area contributed by atoms with Gasteiger partial charge in [-0.25, -0.2) is 0 Å². The van der Waals surface area contributed by atoms with E-state index in [1.165, 1.54) is 12.1 Å². The molecule has 20 heavy (non-hydrogen) atoms. The molecular weight excluding hydrogens is 258 g/mol. The molecule has 6 nitrogen and oxygen atoms in total. The fourth-order valence-corrected chi connectivity index (χ4v) is 1.70. The lowest BCUT2D eigenvalue weighted by Crippen LogP contribution is -2.25. The van der Waals surface area contributed by atoms with Crippen molar-refractivity contribution in [2.45, 2.75) is 13.0 Å². The third-order valence-electron chi connectivity index (χ3n) is 2.98. The Morgan fingerprint density at radius 2 is 1.95 bits per heavy atom. The lowest BCUT2D eigenvalue weighted by Gasteiger charge is -2.15. The third kappa shape index (κ3) is 6.10. The molecule has 0 saturated heterocycles. The van der Waals surface area contributed by atoms with Gasteiger partial charge >= 0.3 is 0 Å². The monoisotopic (exact) mass is 281 g/mol.